The van der Waals surface area contributed by atoms with E-state index >= 15 is 0 Å². The molecule has 0 aromatic heterocycles. The number of carbonyl (C=O) groups is 1. The van der Waals surface area contributed by atoms with Crippen LogP contribution in [0.25, 0.3) is 10.8 Å². The highest BCUT2D eigenvalue weighted by atomic mass is 16.6. The molecule has 0 bridgehead atoms. The summed E-state index contributed by atoms with van der Waals surface area (Å²) in [6.07, 6.45) is -0.364. The van der Waals surface area contributed by atoms with Crippen LogP contribution in [0.2, 0.25) is 0 Å². The van der Waals surface area contributed by atoms with E-state index in [1.54, 1.807) is 4.90 Å². The van der Waals surface area contributed by atoms with E-state index in [9.17, 15) is 4.79 Å². The van der Waals surface area contributed by atoms with Crippen molar-refractivity contribution < 1.29 is 14.3 Å². The summed E-state index contributed by atoms with van der Waals surface area (Å²) in [6, 6.07) is 21.8. The largest absolute Gasteiger partial charge is 0.489 e. The lowest BCUT2D eigenvalue weighted by atomic mass is 9.99. The predicted octanol–water partition coefficient (Wildman–Crippen LogP) is 5.72. The highest BCUT2D eigenvalue weighted by Crippen LogP contribution is 2.40. The topological polar surface area (TPSA) is 38.8 Å². The second-order valence-corrected chi connectivity index (χ2v) is 7.75. The van der Waals surface area contributed by atoms with Gasteiger partial charge < -0.3 is 9.47 Å². The van der Waals surface area contributed by atoms with E-state index in [2.05, 4.69) is 30.3 Å². The molecule has 0 unspecified atom stereocenters. The first kappa shape index (κ1) is 17.4. The molecule has 3 aromatic rings. The van der Waals surface area contributed by atoms with Gasteiger partial charge in [0.1, 0.15) is 18.0 Å². The van der Waals surface area contributed by atoms with Crippen LogP contribution < -0.4 is 9.64 Å². The van der Waals surface area contributed by atoms with E-state index in [0.29, 0.717) is 12.4 Å². The Balaban J connectivity index is 1.78. The van der Waals surface area contributed by atoms with Gasteiger partial charge >= 0.3 is 6.09 Å². The quantitative estimate of drug-likeness (QED) is 0.557. The minimum Gasteiger partial charge on any atom is -0.489 e. The molecular weight excluding hydrogens is 338 g/mol. The Bertz CT molecular complexity index is 990. The average Bonchev–Trinajstić information content (AvgIpc) is 2.65. The maximum Gasteiger partial charge on any atom is 0.415 e. The van der Waals surface area contributed by atoms with Crippen LogP contribution in [0, 0.1) is 0 Å². The van der Waals surface area contributed by atoms with E-state index in [-0.39, 0.29) is 12.1 Å². The van der Waals surface area contributed by atoms with E-state index in [1.807, 2.05) is 57.2 Å². The lowest BCUT2D eigenvalue weighted by Crippen LogP contribution is -2.43. The Labute approximate surface area is 159 Å². The molecule has 4 rings (SSSR count). The number of para-hydroxylation sites is 2. The standard InChI is InChI=1S/C23H23NO3/c1-23(2,3)27-22(25)24-19-10-6-7-11-21(19)26-15-20(24)18-13-12-16-8-4-5-9-17(16)14-18/h4-14,20H,15H2,1-3H3/t20-/m0/s1. The van der Waals surface area contributed by atoms with E-state index in [4.69, 9.17) is 9.47 Å². The van der Waals surface area contributed by atoms with E-state index < -0.39 is 5.60 Å². The summed E-state index contributed by atoms with van der Waals surface area (Å²) in [5, 5.41) is 2.31. The third-order valence-corrected chi connectivity index (χ3v) is 4.58. The SMILES string of the molecule is CC(C)(C)OC(=O)N1c2ccccc2OC[C@H]1c1ccc2ccccc2c1. The Morgan fingerprint density at radius 2 is 1.70 bits per heavy atom. The molecule has 0 saturated heterocycles. The molecule has 4 heteroatoms. The summed E-state index contributed by atoms with van der Waals surface area (Å²) in [6.45, 7) is 6.02. The second-order valence-electron chi connectivity index (χ2n) is 7.75. The van der Waals surface area contributed by atoms with Crippen LogP contribution >= 0.6 is 0 Å². The number of hydrogen-bond acceptors (Lipinski definition) is 3. The molecule has 0 aliphatic carbocycles. The summed E-state index contributed by atoms with van der Waals surface area (Å²) in [4.78, 5) is 14.8. The van der Waals surface area contributed by atoms with Gasteiger partial charge in [0.05, 0.1) is 11.7 Å². The Morgan fingerprint density at radius 3 is 2.48 bits per heavy atom. The van der Waals surface area contributed by atoms with Crippen LogP contribution in [0.15, 0.2) is 66.7 Å². The van der Waals surface area contributed by atoms with Crippen molar-refractivity contribution in [3.8, 4) is 5.75 Å². The van der Waals surface area contributed by atoms with Crippen molar-refractivity contribution in [3.05, 3.63) is 72.3 Å². The molecule has 0 spiro atoms. The third kappa shape index (κ3) is 3.47. The molecule has 138 valence electrons. The summed E-state index contributed by atoms with van der Waals surface area (Å²) >= 11 is 0. The third-order valence-electron chi connectivity index (χ3n) is 4.58. The van der Waals surface area contributed by atoms with Gasteiger partial charge in [0.25, 0.3) is 0 Å². The monoisotopic (exact) mass is 361 g/mol. The fourth-order valence-corrected chi connectivity index (χ4v) is 3.39. The van der Waals surface area contributed by atoms with Crippen LogP contribution in [-0.4, -0.2) is 18.3 Å². The fraction of sp³-hybridized carbons (Fsp3) is 0.261. The molecule has 1 aliphatic heterocycles. The zero-order valence-electron chi connectivity index (χ0n) is 15.8. The van der Waals surface area contributed by atoms with Gasteiger partial charge in [-0.1, -0.05) is 48.5 Å². The molecule has 0 N–H and O–H groups in total. The van der Waals surface area contributed by atoms with Gasteiger partial charge in [-0.25, -0.2) is 4.79 Å². The number of hydrogen-bond donors (Lipinski definition) is 0. The Kier molecular flexibility index (Phi) is 4.27. The Hall–Kier alpha value is -3.01. The highest BCUT2D eigenvalue weighted by Gasteiger charge is 2.36. The number of ether oxygens (including phenoxy) is 2. The van der Waals surface area contributed by atoms with Crippen molar-refractivity contribution in [2.24, 2.45) is 0 Å². The van der Waals surface area contributed by atoms with Gasteiger partial charge in [-0.15, -0.1) is 0 Å². The van der Waals surface area contributed by atoms with Crippen molar-refractivity contribution in [2.75, 3.05) is 11.5 Å². The van der Waals surface area contributed by atoms with Crippen LogP contribution in [0.3, 0.4) is 0 Å². The zero-order chi connectivity index (χ0) is 19.0. The summed E-state index contributed by atoms with van der Waals surface area (Å²) in [5.74, 6) is 0.695. The van der Waals surface area contributed by atoms with Crippen molar-refractivity contribution in [1.29, 1.82) is 0 Å². The molecule has 1 heterocycles. The molecule has 0 fully saturated rings. The lowest BCUT2D eigenvalue weighted by Gasteiger charge is -2.38. The number of benzene rings is 3. The smallest absolute Gasteiger partial charge is 0.415 e. The number of nitrogens with zero attached hydrogens (tertiary/aromatic N) is 1. The maximum absolute atomic E-state index is 13.1. The van der Waals surface area contributed by atoms with Gasteiger partial charge in [-0.2, -0.15) is 0 Å². The first-order chi connectivity index (χ1) is 12.9. The van der Waals surface area contributed by atoms with Crippen LogP contribution in [0.1, 0.15) is 32.4 Å². The molecular formula is C23H23NO3. The van der Waals surface area contributed by atoms with E-state index in [0.717, 1.165) is 16.6 Å². The number of rotatable bonds is 1. The van der Waals surface area contributed by atoms with Crippen LogP contribution in [-0.2, 0) is 4.74 Å². The summed E-state index contributed by atoms with van der Waals surface area (Å²) in [7, 11) is 0. The molecule has 0 saturated carbocycles. The van der Waals surface area contributed by atoms with Gasteiger partial charge in [0.2, 0.25) is 0 Å². The van der Waals surface area contributed by atoms with Gasteiger partial charge in [-0.05, 0) is 55.3 Å². The average molecular weight is 361 g/mol. The normalized spacial score (nSPS) is 16.6. The van der Waals surface area contributed by atoms with Gasteiger partial charge in [-0.3, -0.25) is 4.90 Å². The molecule has 27 heavy (non-hydrogen) atoms. The summed E-state index contributed by atoms with van der Waals surface area (Å²) < 4.78 is 11.7. The molecule has 1 atom stereocenters. The fourth-order valence-electron chi connectivity index (χ4n) is 3.39. The second kappa shape index (κ2) is 6.62. The minimum absolute atomic E-state index is 0.251. The molecule has 3 aromatic carbocycles. The summed E-state index contributed by atoms with van der Waals surface area (Å²) in [5.41, 5.74) is 1.18. The first-order valence-corrected chi connectivity index (χ1v) is 9.15. The lowest BCUT2D eigenvalue weighted by molar-refractivity contribution is 0.0542. The zero-order valence-corrected chi connectivity index (χ0v) is 15.8. The molecule has 1 amide bonds. The van der Waals surface area contributed by atoms with Crippen molar-refractivity contribution >= 4 is 22.6 Å². The van der Waals surface area contributed by atoms with E-state index in [1.165, 1.54) is 5.39 Å². The Morgan fingerprint density at radius 1 is 1.00 bits per heavy atom. The van der Waals surface area contributed by atoms with Crippen LogP contribution in [0.4, 0.5) is 10.5 Å². The number of amides is 1. The van der Waals surface area contributed by atoms with Crippen molar-refractivity contribution in [2.45, 2.75) is 32.4 Å². The molecule has 4 nitrogen and oxygen atoms in total. The minimum atomic E-state index is -0.571. The van der Waals surface area contributed by atoms with Crippen molar-refractivity contribution in [3.63, 3.8) is 0 Å². The number of carbonyl (C=O) groups excluding carboxylic acids is 1. The van der Waals surface area contributed by atoms with Gasteiger partial charge in [0.15, 0.2) is 0 Å². The number of fused-ring (bicyclic) bond motifs is 2. The maximum atomic E-state index is 13.1. The van der Waals surface area contributed by atoms with Crippen molar-refractivity contribution in [1.82, 2.24) is 0 Å². The predicted molar refractivity (Wildman–Crippen MR) is 107 cm³/mol. The number of anilines is 1. The molecule has 0 radical (unpaired) electrons. The van der Waals surface area contributed by atoms with Gasteiger partial charge in [0, 0.05) is 0 Å². The highest BCUT2D eigenvalue weighted by molar-refractivity contribution is 5.92. The van der Waals surface area contributed by atoms with Crippen LogP contribution in [0.5, 0.6) is 5.75 Å². The molecule has 1 aliphatic rings. The first-order valence-electron chi connectivity index (χ1n) is 9.15.